The molecule has 2 N–H and O–H groups in total. The number of carbonyl (C=O) groups is 1. The number of aliphatic hydroxyl groups excluding tert-OH is 1. The number of anilines is 1. The number of carbonyl (C=O) groups excluding carboxylic acids is 1. The normalized spacial score (nSPS) is 10.5. The lowest BCUT2D eigenvalue weighted by molar-refractivity contribution is -0.118. The van der Waals surface area contributed by atoms with E-state index >= 15 is 0 Å². The van der Waals surface area contributed by atoms with Crippen LogP contribution >= 0.6 is 0 Å². The van der Waals surface area contributed by atoms with E-state index in [4.69, 9.17) is 5.11 Å². The molecule has 5 heteroatoms. The van der Waals surface area contributed by atoms with E-state index in [1.165, 1.54) is 0 Å². The Balaban J connectivity index is 2.35. The van der Waals surface area contributed by atoms with Crippen LogP contribution in [0.25, 0.3) is 11.0 Å². The van der Waals surface area contributed by atoms with Crippen molar-refractivity contribution < 1.29 is 9.90 Å². The molecule has 0 aliphatic heterocycles. The van der Waals surface area contributed by atoms with Crippen molar-refractivity contribution in [2.24, 2.45) is 7.05 Å². The molecular weight excluding hydrogens is 194 g/mol. The molecule has 1 amide bonds. The van der Waals surface area contributed by atoms with Crippen molar-refractivity contribution in [1.29, 1.82) is 0 Å². The average molecular weight is 205 g/mol. The van der Waals surface area contributed by atoms with Crippen LogP contribution in [0.2, 0.25) is 0 Å². The van der Waals surface area contributed by atoms with Crippen molar-refractivity contribution in [3.63, 3.8) is 0 Å². The first-order valence-electron chi connectivity index (χ1n) is 4.52. The number of rotatable bonds is 2. The molecule has 5 nitrogen and oxygen atoms in total. The van der Waals surface area contributed by atoms with Crippen molar-refractivity contribution in [2.75, 3.05) is 11.9 Å². The largest absolute Gasteiger partial charge is 0.387 e. The molecule has 1 aromatic heterocycles. The van der Waals surface area contributed by atoms with Gasteiger partial charge in [0.2, 0.25) is 5.91 Å². The maximum absolute atomic E-state index is 10.9. The van der Waals surface area contributed by atoms with Crippen LogP contribution in [0.4, 0.5) is 5.69 Å². The van der Waals surface area contributed by atoms with E-state index in [0.29, 0.717) is 5.69 Å². The molecule has 0 saturated heterocycles. The summed E-state index contributed by atoms with van der Waals surface area (Å²) < 4.78 is 1.90. The summed E-state index contributed by atoms with van der Waals surface area (Å²) in [5, 5.41) is 11.1. The van der Waals surface area contributed by atoms with Crippen molar-refractivity contribution in [1.82, 2.24) is 9.55 Å². The van der Waals surface area contributed by atoms with Gasteiger partial charge in [-0.2, -0.15) is 0 Å². The minimum absolute atomic E-state index is 0.426. The molecule has 0 radical (unpaired) electrons. The molecule has 78 valence electrons. The van der Waals surface area contributed by atoms with Crippen molar-refractivity contribution >= 4 is 22.6 Å². The lowest BCUT2D eigenvalue weighted by Crippen LogP contribution is -2.15. The highest BCUT2D eigenvalue weighted by Gasteiger charge is 2.03. The lowest BCUT2D eigenvalue weighted by Gasteiger charge is -2.02. The second kappa shape index (κ2) is 3.70. The summed E-state index contributed by atoms with van der Waals surface area (Å²) >= 11 is 0. The van der Waals surface area contributed by atoms with E-state index < -0.39 is 12.5 Å². The maximum atomic E-state index is 10.9. The van der Waals surface area contributed by atoms with Crippen molar-refractivity contribution in [3.05, 3.63) is 24.5 Å². The Bertz CT molecular complexity index is 504. The molecule has 2 aromatic rings. The Labute approximate surface area is 86.4 Å². The van der Waals surface area contributed by atoms with Crippen LogP contribution in [0.15, 0.2) is 24.5 Å². The van der Waals surface area contributed by atoms with Gasteiger partial charge in [-0.05, 0) is 18.2 Å². The first-order chi connectivity index (χ1) is 7.20. The zero-order chi connectivity index (χ0) is 10.8. The molecule has 0 aliphatic rings. The number of aliphatic hydroxyl groups is 1. The van der Waals surface area contributed by atoms with Crippen LogP contribution in [0, 0.1) is 0 Å². The molecule has 0 aliphatic carbocycles. The van der Waals surface area contributed by atoms with Gasteiger partial charge < -0.3 is 15.0 Å². The average Bonchev–Trinajstić information content (AvgIpc) is 2.60. The zero-order valence-corrected chi connectivity index (χ0v) is 8.27. The second-order valence-electron chi connectivity index (χ2n) is 3.27. The summed E-state index contributed by atoms with van der Waals surface area (Å²) in [4.78, 5) is 15.1. The number of nitrogens with zero attached hydrogens (tertiary/aromatic N) is 2. The first-order valence-corrected chi connectivity index (χ1v) is 4.52. The van der Waals surface area contributed by atoms with Crippen LogP contribution in [0.3, 0.4) is 0 Å². The number of amides is 1. The van der Waals surface area contributed by atoms with Gasteiger partial charge in [0.15, 0.2) is 0 Å². The number of benzene rings is 1. The number of aryl methyl sites for hydroxylation is 1. The van der Waals surface area contributed by atoms with Gasteiger partial charge in [0.1, 0.15) is 6.61 Å². The van der Waals surface area contributed by atoms with Crippen molar-refractivity contribution in [2.45, 2.75) is 0 Å². The summed E-state index contributed by atoms with van der Waals surface area (Å²) in [6, 6.07) is 5.41. The van der Waals surface area contributed by atoms with Crippen LogP contribution in [-0.4, -0.2) is 27.2 Å². The third kappa shape index (κ3) is 1.82. The monoisotopic (exact) mass is 205 g/mol. The number of hydrogen-bond acceptors (Lipinski definition) is 3. The van der Waals surface area contributed by atoms with E-state index in [1.807, 2.05) is 17.7 Å². The molecule has 0 spiro atoms. The van der Waals surface area contributed by atoms with E-state index in [1.54, 1.807) is 18.5 Å². The van der Waals surface area contributed by atoms with E-state index in [-0.39, 0.29) is 0 Å². The molecule has 1 heterocycles. The molecule has 1 aromatic carbocycles. The Hall–Kier alpha value is -1.88. The van der Waals surface area contributed by atoms with Gasteiger partial charge >= 0.3 is 0 Å². The molecule has 0 bridgehead atoms. The van der Waals surface area contributed by atoms with E-state index in [0.717, 1.165) is 11.0 Å². The van der Waals surface area contributed by atoms with Gasteiger partial charge in [0, 0.05) is 12.7 Å². The Morgan fingerprint density at radius 1 is 1.60 bits per heavy atom. The molecule has 2 rings (SSSR count). The van der Waals surface area contributed by atoms with Gasteiger partial charge in [-0.15, -0.1) is 0 Å². The fourth-order valence-electron chi connectivity index (χ4n) is 1.41. The number of nitrogens with one attached hydrogen (secondary N) is 1. The number of imidazole rings is 1. The standard InChI is InChI=1S/C10H11N3O2/c1-13-6-11-8-4-7(2-3-9(8)13)12-10(15)5-14/h2-4,6,14H,5H2,1H3,(H,12,15). The van der Waals surface area contributed by atoms with Crippen LogP contribution < -0.4 is 5.32 Å². The number of aromatic nitrogens is 2. The molecular formula is C10H11N3O2. The quantitative estimate of drug-likeness (QED) is 0.750. The smallest absolute Gasteiger partial charge is 0.250 e. The highest BCUT2D eigenvalue weighted by molar-refractivity contribution is 5.93. The van der Waals surface area contributed by atoms with Crippen LogP contribution in [-0.2, 0) is 11.8 Å². The van der Waals surface area contributed by atoms with Crippen LogP contribution in [0.5, 0.6) is 0 Å². The minimum Gasteiger partial charge on any atom is -0.387 e. The van der Waals surface area contributed by atoms with Gasteiger partial charge in [0.05, 0.1) is 17.4 Å². The van der Waals surface area contributed by atoms with E-state index in [9.17, 15) is 4.79 Å². The summed E-state index contributed by atoms with van der Waals surface area (Å²) in [6.45, 7) is -0.514. The predicted molar refractivity (Wildman–Crippen MR) is 56.4 cm³/mol. The third-order valence-electron chi connectivity index (χ3n) is 2.15. The van der Waals surface area contributed by atoms with Gasteiger partial charge in [-0.25, -0.2) is 4.98 Å². The molecule has 0 fully saturated rings. The SMILES string of the molecule is Cn1cnc2cc(NC(=O)CO)ccc21. The van der Waals surface area contributed by atoms with Gasteiger partial charge in [0.25, 0.3) is 0 Å². The molecule has 0 unspecified atom stereocenters. The fourth-order valence-corrected chi connectivity index (χ4v) is 1.41. The van der Waals surface area contributed by atoms with Gasteiger partial charge in [-0.3, -0.25) is 4.79 Å². The molecule has 15 heavy (non-hydrogen) atoms. The second-order valence-corrected chi connectivity index (χ2v) is 3.27. The summed E-state index contributed by atoms with van der Waals surface area (Å²) in [5.74, 6) is -0.426. The first kappa shape index (κ1) is 9.67. The Kier molecular flexibility index (Phi) is 2.39. The predicted octanol–water partition coefficient (Wildman–Crippen LogP) is 0.504. The molecule has 0 saturated carbocycles. The highest BCUT2D eigenvalue weighted by Crippen LogP contribution is 2.17. The van der Waals surface area contributed by atoms with E-state index in [2.05, 4.69) is 10.3 Å². The van der Waals surface area contributed by atoms with Gasteiger partial charge in [-0.1, -0.05) is 0 Å². The maximum Gasteiger partial charge on any atom is 0.250 e. The minimum atomic E-state index is -0.514. The number of hydrogen-bond donors (Lipinski definition) is 2. The van der Waals surface area contributed by atoms with Crippen LogP contribution in [0.1, 0.15) is 0 Å². The van der Waals surface area contributed by atoms with Crippen molar-refractivity contribution in [3.8, 4) is 0 Å². The highest BCUT2D eigenvalue weighted by atomic mass is 16.3. The zero-order valence-electron chi connectivity index (χ0n) is 8.27. The lowest BCUT2D eigenvalue weighted by atomic mass is 10.2. The summed E-state index contributed by atoms with van der Waals surface area (Å²) in [6.07, 6.45) is 1.71. The number of fused-ring (bicyclic) bond motifs is 1. The Morgan fingerprint density at radius 2 is 2.40 bits per heavy atom. The Morgan fingerprint density at radius 3 is 3.13 bits per heavy atom. The summed E-state index contributed by atoms with van der Waals surface area (Å²) in [5.41, 5.74) is 2.45. The topological polar surface area (TPSA) is 67.2 Å². The fraction of sp³-hybridized carbons (Fsp3) is 0.200. The summed E-state index contributed by atoms with van der Waals surface area (Å²) in [7, 11) is 1.90. The third-order valence-corrected chi connectivity index (χ3v) is 2.15. The molecule has 0 atom stereocenters.